The summed E-state index contributed by atoms with van der Waals surface area (Å²) in [6.45, 7) is 1.32. The van der Waals surface area contributed by atoms with E-state index in [9.17, 15) is 18.8 Å². The number of ether oxygens (including phenoxy) is 1. The number of likely N-dealkylation sites (tertiary alicyclic amines) is 1. The fourth-order valence-corrected chi connectivity index (χ4v) is 5.65. The third-order valence-corrected chi connectivity index (χ3v) is 7.64. The molecule has 2 aliphatic rings. The van der Waals surface area contributed by atoms with Gasteiger partial charge >= 0.3 is 6.09 Å². The zero-order valence-corrected chi connectivity index (χ0v) is 22.4. The summed E-state index contributed by atoms with van der Waals surface area (Å²) in [6, 6.07) is 21.8. The van der Waals surface area contributed by atoms with E-state index >= 15 is 0 Å². The van der Waals surface area contributed by atoms with Crippen LogP contribution in [0.5, 0.6) is 0 Å². The van der Waals surface area contributed by atoms with Gasteiger partial charge in [0.15, 0.2) is 0 Å². The number of methoxy groups -OCH3 is 1. The Kier molecular flexibility index (Phi) is 8.28. The van der Waals surface area contributed by atoms with Crippen LogP contribution in [0.25, 0.3) is 0 Å². The lowest BCUT2D eigenvalue weighted by Crippen LogP contribution is -2.48. The van der Waals surface area contributed by atoms with Gasteiger partial charge in [0.1, 0.15) is 17.9 Å². The van der Waals surface area contributed by atoms with E-state index in [4.69, 9.17) is 4.74 Å². The molecule has 0 saturated carbocycles. The quantitative estimate of drug-likeness (QED) is 0.427. The summed E-state index contributed by atoms with van der Waals surface area (Å²) < 4.78 is 18.1. The Morgan fingerprint density at radius 2 is 1.60 bits per heavy atom. The highest BCUT2D eigenvalue weighted by molar-refractivity contribution is 5.98. The van der Waals surface area contributed by atoms with Gasteiger partial charge < -0.3 is 25.2 Å². The number of hydrogen-bond acceptors (Lipinski definition) is 5. The van der Waals surface area contributed by atoms with Crippen molar-refractivity contribution in [2.75, 3.05) is 30.4 Å². The van der Waals surface area contributed by atoms with Gasteiger partial charge in [-0.3, -0.25) is 9.59 Å². The third kappa shape index (κ3) is 5.93. The van der Waals surface area contributed by atoms with Crippen LogP contribution >= 0.6 is 0 Å². The number of carbonyl (C=O) groups is 3. The number of carbonyl (C=O) groups excluding carboxylic acids is 3. The van der Waals surface area contributed by atoms with Crippen molar-refractivity contribution in [3.8, 4) is 0 Å². The number of anilines is 2. The average Bonchev–Trinajstić information content (AvgIpc) is 3.67. The van der Waals surface area contributed by atoms with Crippen LogP contribution < -0.4 is 15.5 Å². The highest BCUT2D eigenvalue weighted by atomic mass is 19.1. The molecular weight excluding hydrogens is 511 g/mol. The molecule has 8 nitrogen and oxygen atoms in total. The van der Waals surface area contributed by atoms with E-state index in [-0.39, 0.29) is 23.7 Å². The van der Waals surface area contributed by atoms with Gasteiger partial charge in [-0.05, 0) is 73.2 Å². The predicted molar refractivity (Wildman–Crippen MR) is 150 cm³/mol. The Balaban J connectivity index is 1.26. The molecule has 9 heteroatoms. The minimum atomic E-state index is -0.961. The van der Waals surface area contributed by atoms with Gasteiger partial charge in [-0.2, -0.15) is 0 Å². The van der Waals surface area contributed by atoms with Gasteiger partial charge in [0.2, 0.25) is 5.91 Å². The summed E-state index contributed by atoms with van der Waals surface area (Å²) >= 11 is 0. The minimum Gasteiger partial charge on any atom is -0.453 e. The van der Waals surface area contributed by atoms with E-state index in [0.717, 1.165) is 30.6 Å². The summed E-state index contributed by atoms with van der Waals surface area (Å²) in [5, 5.41) is 5.58. The molecule has 5 rings (SSSR count). The standard InChI is InChI=1S/C31H33FN4O4/c1-40-31(39)34-28(22-7-3-2-4-8-22)30(38)36-20-6-10-27(36)29(37)33-24-15-11-21(12-16-24)26-9-5-19-35(26)25-17-13-23(32)14-18-25/h2-4,7-8,11-18,26-28H,5-6,9-10,19-20H2,1H3,(H,33,37)(H,34,39). The van der Waals surface area contributed by atoms with E-state index in [2.05, 4.69) is 15.5 Å². The van der Waals surface area contributed by atoms with Gasteiger partial charge in [0.05, 0.1) is 13.2 Å². The Morgan fingerprint density at radius 1 is 0.900 bits per heavy atom. The monoisotopic (exact) mass is 544 g/mol. The first-order valence-corrected chi connectivity index (χ1v) is 13.6. The van der Waals surface area contributed by atoms with Crippen LogP contribution in [0.4, 0.5) is 20.6 Å². The second kappa shape index (κ2) is 12.2. The molecule has 2 fully saturated rings. The van der Waals surface area contributed by atoms with E-state index in [1.165, 1.54) is 24.1 Å². The van der Waals surface area contributed by atoms with Crippen LogP contribution in [-0.4, -0.2) is 49.0 Å². The Labute approximate surface area is 233 Å². The molecule has 3 aromatic carbocycles. The molecule has 40 heavy (non-hydrogen) atoms. The molecule has 2 saturated heterocycles. The summed E-state index contributed by atoms with van der Waals surface area (Å²) in [4.78, 5) is 42.7. The largest absolute Gasteiger partial charge is 0.453 e. The molecule has 0 spiro atoms. The van der Waals surface area contributed by atoms with Gasteiger partial charge in [-0.15, -0.1) is 0 Å². The number of amides is 3. The normalized spacial score (nSPS) is 19.2. The van der Waals surface area contributed by atoms with Gasteiger partial charge in [0.25, 0.3) is 5.91 Å². The van der Waals surface area contributed by atoms with E-state index in [1.807, 2.05) is 30.3 Å². The first kappa shape index (κ1) is 27.2. The Hall–Kier alpha value is -4.40. The Morgan fingerprint density at radius 3 is 2.30 bits per heavy atom. The number of nitrogens with zero attached hydrogens (tertiary/aromatic N) is 2. The fraction of sp³-hybridized carbons (Fsp3) is 0.323. The van der Waals surface area contributed by atoms with Gasteiger partial charge in [-0.25, -0.2) is 9.18 Å². The SMILES string of the molecule is COC(=O)NC(C(=O)N1CCCC1C(=O)Nc1ccc(C2CCCN2c2ccc(F)cc2)cc1)c1ccccc1. The van der Waals surface area contributed by atoms with Crippen molar-refractivity contribution in [2.45, 2.75) is 43.8 Å². The highest BCUT2D eigenvalue weighted by Crippen LogP contribution is 2.36. The maximum absolute atomic E-state index is 13.6. The lowest BCUT2D eigenvalue weighted by atomic mass is 10.0. The van der Waals surface area contributed by atoms with Crippen molar-refractivity contribution in [3.05, 3.63) is 95.8 Å². The summed E-state index contributed by atoms with van der Waals surface area (Å²) in [6.07, 6.45) is 2.53. The van der Waals surface area contributed by atoms with Crippen molar-refractivity contribution in [2.24, 2.45) is 0 Å². The van der Waals surface area contributed by atoms with Gasteiger partial charge in [0, 0.05) is 24.5 Å². The Bertz CT molecular complexity index is 1330. The zero-order chi connectivity index (χ0) is 28.1. The van der Waals surface area contributed by atoms with Crippen LogP contribution in [0.3, 0.4) is 0 Å². The first-order valence-electron chi connectivity index (χ1n) is 13.6. The topological polar surface area (TPSA) is 91.0 Å². The summed E-state index contributed by atoms with van der Waals surface area (Å²) in [5.41, 5.74) is 3.37. The molecule has 208 valence electrons. The van der Waals surface area contributed by atoms with Crippen LogP contribution in [-0.2, 0) is 14.3 Å². The van der Waals surface area contributed by atoms with Crippen molar-refractivity contribution < 1.29 is 23.5 Å². The average molecular weight is 545 g/mol. The van der Waals surface area contributed by atoms with Crippen LogP contribution in [0.1, 0.15) is 48.9 Å². The van der Waals surface area contributed by atoms with E-state index in [1.54, 1.807) is 36.4 Å². The van der Waals surface area contributed by atoms with Crippen molar-refractivity contribution in [1.82, 2.24) is 10.2 Å². The fourth-order valence-electron chi connectivity index (χ4n) is 5.65. The number of halogens is 1. The van der Waals surface area contributed by atoms with Crippen molar-refractivity contribution in [1.29, 1.82) is 0 Å². The molecular formula is C31H33FN4O4. The lowest BCUT2D eigenvalue weighted by molar-refractivity contribution is -0.138. The number of nitrogens with one attached hydrogen (secondary N) is 2. The second-order valence-electron chi connectivity index (χ2n) is 10.1. The number of benzene rings is 3. The van der Waals surface area contributed by atoms with Crippen LogP contribution in [0, 0.1) is 5.82 Å². The molecule has 3 unspecified atom stereocenters. The van der Waals surface area contributed by atoms with E-state index in [0.29, 0.717) is 30.6 Å². The second-order valence-corrected chi connectivity index (χ2v) is 10.1. The summed E-state index contributed by atoms with van der Waals surface area (Å²) in [5.74, 6) is -0.874. The molecule has 0 radical (unpaired) electrons. The summed E-state index contributed by atoms with van der Waals surface area (Å²) in [7, 11) is 1.24. The molecule has 2 aliphatic heterocycles. The lowest BCUT2D eigenvalue weighted by Gasteiger charge is -2.29. The number of hydrogen-bond donors (Lipinski definition) is 2. The smallest absolute Gasteiger partial charge is 0.407 e. The van der Waals surface area contributed by atoms with Crippen molar-refractivity contribution in [3.63, 3.8) is 0 Å². The number of alkyl carbamates (subject to hydrolysis) is 1. The van der Waals surface area contributed by atoms with Crippen LogP contribution in [0.15, 0.2) is 78.9 Å². The van der Waals surface area contributed by atoms with Crippen molar-refractivity contribution >= 4 is 29.3 Å². The molecule has 2 heterocycles. The molecule has 0 bridgehead atoms. The third-order valence-electron chi connectivity index (χ3n) is 7.64. The predicted octanol–water partition coefficient (Wildman–Crippen LogP) is 5.19. The zero-order valence-electron chi connectivity index (χ0n) is 22.4. The van der Waals surface area contributed by atoms with Gasteiger partial charge in [-0.1, -0.05) is 42.5 Å². The van der Waals surface area contributed by atoms with E-state index < -0.39 is 18.2 Å². The highest BCUT2D eigenvalue weighted by Gasteiger charge is 2.38. The first-order chi connectivity index (χ1) is 19.4. The molecule has 2 N–H and O–H groups in total. The molecule has 3 atom stereocenters. The minimum absolute atomic E-state index is 0.176. The molecule has 3 aromatic rings. The molecule has 0 aliphatic carbocycles. The number of rotatable bonds is 7. The molecule has 0 aromatic heterocycles. The maximum Gasteiger partial charge on any atom is 0.407 e. The maximum atomic E-state index is 13.6. The van der Waals surface area contributed by atoms with Crippen LogP contribution in [0.2, 0.25) is 0 Å². The molecule has 3 amide bonds.